The van der Waals surface area contributed by atoms with E-state index in [1.54, 1.807) is 6.92 Å². The lowest BCUT2D eigenvalue weighted by Crippen LogP contribution is -2.39. The van der Waals surface area contributed by atoms with Gasteiger partial charge in [-0.2, -0.15) is 4.98 Å². The van der Waals surface area contributed by atoms with Crippen LogP contribution in [0.5, 0.6) is 0 Å². The van der Waals surface area contributed by atoms with Gasteiger partial charge in [-0.25, -0.2) is 0 Å². The zero-order chi connectivity index (χ0) is 15.4. The smallest absolute Gasteiger partial charge is 0.223 e. The fourth-order valence-corrected chi connectivity index (χ4v) is 3.37. The molecule has 2 aliphatic heterocycles. The topological polar surface area (TPSA) is 68.5 Å². The number of aryl methyl sites for hydroxylation is 1. The van der Waals surface area contributed by atoms with Gasteiger partial charge in [-0.15, -0.1) is 0 Å². The summed E-state index contributed by atoms with van der Waals surface area (Å²) in [7, 11) is 0. The molecule has 0 radical (unpaired) electrons. The number of rotatable bonds is 4. The lowest BCUT2D eigenvalue weighted by molar-refractivity contribution is -0.133. The summed E-state index contributed by atoms with van der Waals surface area (Å²) in [5.74, 6) is 1.78. The standard InChI is InChI=1S/C16H25N3O3/c1-12-17-16(18-22-12)13-5-4-9-19(11-13)15(20)8-7-14-6-2-3-10-21-14/h13-14H,2-11H2,1H3/t13-,14-/m1/s1. The summed E-state index contributed by atoms with van der Waals surface area (Å²) in [5, 5.41) is 4.01. The van der Waals surface area contributed by atoms with E-state index in [-0.39, 0.29) is 17.9 Å². The van der Waals surface area contributed by atoms with Crippen LogP contribution in [0.25, 0.3) is 0 Å². The van der Waals surface area contributed by atoms with E-state index in [9.17, 15) is 4.79 Å². The second-order valence-corrected chi connectivity index (χ2v) is 6.38. The van der Waals surface area contributed by atoms with Gasteiger partial charge in [0.25, 0.3) is 0 Å². The van der Waals surface area contributed by atoms with Gasteiger partial charge in [0.15, 0.2) is 5.82 Å². The second-order valence-electron chi connectivity index (χ2n) is 6.38. The number of amides is 1. The fourth-order valence-electron chi connectivity index (χ4n) is 3.37. The third-order valence-electron chi connectivity index (χ3n) is 4.64. The predicted molar refractivity (Wildman–Crippen MR) is 80.4 cm³/mol. The molecule has 0 aliphatic carbocycles. The molecule has 0 N–H and O–H groups in total. The molecule has 1 aromatic heterocycles. The minimum absolute atomic E-state index is 0.209. The SMILES string of the molecule is Cc1nc([C@@H]2CCCN(C(=O)CC[C@H]3CCCCO3)C2)no1. The number of aromatic nitrogens is 2. The first-order valence-electron chi connectivity index (χ1n) is 8.42. The summed E-state index contributed by atoms with van der Waals surface area (Å²) in [6.45, 7) is 4.20. The van der Waals surface area contributed by atoms with Crippen LogP contribution in [0.4, 0.5) is 0 Å². The Morgan fingerprint density at radius 1 is 1.32 bits per heavy atom. The van der Waals surface area contributed by atoms with E-state index < -0.39 is 0 Å². The Morgan fingerprint density at radius 3 is 2.95 bits per heavy atom. The van der Waals surface area contributed by atoms with E-state index in [1.807, 2.05) is 4.90 Å². The fraction of sp³-hybridized carbons (Fsp3) is 0.812. The Balaban J connectivity index is 1.49. The van der Waals surface area contributed by atoms with Gasteiger partial charge in [-0.05, 0) is 38.5 Å². The third kappa shape index (κ3) is 3.85. The monoisotopic (exact) mass is 307 g/mol. The van der Waals surface area contributed by atoms with E-state index in [1.165, 1.54) is 6.42 Å². The normalized spacial score (nSPS) is 26.1. The zero-order valence-electron chi connectivity index (χ0n) is 13.3. The first kappa shape index (κ1) is 15.5. The quantitative estimate of drug-likeness (QED) is 0.854. The molecule has 1 amide bonds. The number of hydrogen-bond donors (Lipinski definition) is 0. The Bertz CT molecular complexity index is 497. The first-order valence-corrected chi connectivity index (χ1v) is 8.42. The highest BCUT2D eigenvalue weighted by Crippen LogP contribution is 2.26. The van der Waals surface area contributed by atoms with Crippen molar-refractivity contribution in [3.63, 3.8) is 0 Å². The molecule has 6 nitrogen and oxygen atoms in total. The highest BCUT2D eigenvalue weighted by Gasteiger charge is 2.28. The lowest BCUT2D eigenvalue weighted by atomic mass is 9.96. The van der Waals surface area contributed by atoms with E-state index in [0.717, 1.165) is 51.1 Å². The number of carbonyl (C=O) groups is 1. The predicted octanol–water partition coefficient (Wildman–Crippen LogP) is 2.43. The van der Waals surface area contributed by atoms with E-state index in [4.69, 9.17) is 9.26 Å². The van der Waals surface area contributed by atoms with Gasteiger partial charge in [-0.3, -0.25) is 4.79 Å². The Hall–Kier alpha value is -1.43. The average Bonchev–Trinajstić information content (AvgIpc) is 3.00. The second kappa shape index (κ2) is 7.22. The average molecular weight is 307 g/mol. The van der Waals surface area contributed by atoms with Crippen LogP contribution in [0.2, 0.25) is 0 Å². The van der Waals surface area contributed by atoms with E-state index in [2.05, 4.69) is 10.1 Å². The van der Waals surface area contributed by atoms with Crippen LogP contribution >= 0.6 is 0 Å². The molecule has 0 aromatic carbocycles. The summed E-state index contributed by atoms with van der Waals surface area (Å²) in [6, 6.07) is 0. The number of ether oxygens (including phenoxy) is 1. The van der Waals surface area contributed by atoms with E-state index in [0.29, 0.717) is 18.9 Å². The van der Waals surface area contributed by atoms with Gasteiger partial charge in [0.05, 0.1) is 6.10 Å². The van der Waals surface area contributed by atoms with Gasteiger partial charge in [0.1, 0.15) is 0 Å². The maximum atomic E-state index is 12.4. The minimum Gasteiger partial charge on any atom is -0.378 e. The molecular formula is C16H25N3O3. The van der Waals surface area contributed by atoms with Crippen LogP contribution in [0.3, 0.4) is 0 Å². The van der Waals surface area contributed by atoms with Crippen LogP contribution in [-0.2, 0) is 9.53 Å². The van der Waals surface area contributed by atoms with Crippen LogP contribution in [0.1, 0.15) is 62.6 Å². The van der Waals surface area contributed by atoms with Gasteiger partial charge < -0.3 is 14.2 Å². The molecule has 122 valence electrons. The zero-order valence-corrected chi connectivity index (χ0v) is 13.3. The van der Waals surface area contributed by atoms with Crippen molar-refractivity contribution in [2.75, 3.05) is 19.7 Å². The molecule has 2 fully saturated rings. The molecule has 1 aromatic rings. The van der Waals surface area contributed by atoms with Gasteiger partial charge in [-0.1, -0.05) is 5.16 Å². The molecule has 22 heavy (non-hydrogen) atoms. The van der Waals surface area contributed by atoms with Crippen molar-refractivity contribution in [2.24, 2.45) is 0 Å². The molecular weight excluding hydrogens is 282 g/mol. The molecule has 3 heterocycles. The molecule has 0 spiro atoms. The lowest BCUT2D eigenvalue weighted by Gasteiger charge is -2.32. The summed E-state index contributed by atoms with van der Waals surface area (Å²) in [5.41, 5.74) is 0. The maximum Gasteiger partial charge on any atom is 0.223 e. The van der Waals surface area contributed by atoms with Gasteiger partial charge in [0.2, 0.25) is 11.8 Å². The van der Waals surface area contributed by atoms with E-state index >= 15 is 0 Å². The highest BCUT2D eigenvalue weighted by atomic mass is 16.5. The van der Waals surface area contributed by atoms with Crippen molar-refractivity contribution in [2.45, 2.75) is 63.9 Å². The van der Waals surface area contributed by atoms with Crippen molar-refractivity contribution in [3.05, 3.63) is 11.7 Å². The Kier molecular flexibility index (Phi) is 5.08. The molecule has 2 atom stereocenters. The molecule has 2 saturated heterocycles. The number of piperidine rings is 1. The Labute approximate surface area is 131 Å². The van der Waals surface area contributed by atoms with Crippen LogP contribution in [0, 0.1) is 6.92 Å². The molecule has 0 saturated carbocycles. The van der Waals surface area contributed by atoms with Crippen molar-refractivity contribution in [1.82, 2.24) is 15.0 Å². The summed E-state index contributed by atoms with van der Waals surface area (Å²) in [6.07, 6.45) is 7.21. The molecule has 3 rings (SSSR count). The number of nitrogens with zero attached hydrogens (tertiary/aromatic N) is 3. The number of hydrogen-bond acceptors (Lipinski definition) is 5. The summed E-state index contributed by atoms with van der Waals surface area (Å²) < 4.78 is 10.8. The van der Waals surface area contributed by atoms with Gasteiger partial charge in [0, 0.05) is 39.0 Å². The summed E-state index contributed by atoms with van der Waals surface area (Å²) in [4.78, 5) is 18.7. The van der Waals surface area contributed by atoms with Crippen molar-refractivity contribution in [1.29, 1.82) is 0 Å². The largest absolute Gasteiger partial charge is 0.378 e. The van der Waals surface area contributed by atoms with Crippen molar-refractivity contribution < 1.29 is 14.1 Å². The van der Waals surface area contributed by atoms with Crippen molar-refractivity contribution in [3.8, 4) is 0 Å². The Morgan fingerprint density at radius 2 is 2.23 bits per heavy atom. The van der Waals surface area contributed by atoms with Crippen LogP contribution < -0.4 is 0 Å². The third-order valence-corrected chi connectivity index (χ3v) is 4.64. The van der Waals surface area contributed by atoms with Crippen LogP contribution in [-0.4, -0.2) is 46.7 Å². The molecule has 0 unspecified atom stereocenters. The highest BCUT2D eigenvalue weighted by molar-refractivity contribution is 5.76. The van der Waals surface area contributed by atoms with Crippen molar-refractivity contribution >= 4 is 5.91 Å². The van der Waals surface area contributed by atoms with Gasteiger partial charge >= 0.3 is 0 Å². The first-order chi connectivity index (χ1) is 10.7. The molecule has 6 heteroatoms. The molecule has 2 aliphatic rings. The molecule has 0 bridgehead atoms. The number of likely N-dealkylation sites (tertiary alicyclic amines) is 1. The number of carbonyl (C=O) groups excluding carboxylic acids is 1. The summed E-state index contributed by atoms with van der Waals surface area (Å²) >= 11 is 0. The minimum atomic E-state index is 0.209. The van der Waals surface area contributed by atoms with Crippen LogP contribution in [0.15, 0.2) is 4.52 Å². The maximum absolute atomic E-state index is 12.4.